The van der Waals surface area contributed by atoms with Gasteiger partial charge in [0, 0.05) is 12.1 Å². The van der Waals surface area contributed by atoms with Crippen LogP contribution in [-0.4, -0.2) is 17.4 Å². The number of hydrogen-bond donors (Lipinski definition) is 2. The molecule has 1 heterocycles. The summed E-state index contributed by atoms with van der Waals surface area (Å²) in [5.41, 5.74) is 0.492. The molecule has 0 saturated carbocycles. The zero-order chi connectivity index (χ0) is 15.4. The predicted octanol–water partition coefficient (Wildman–Crippen LogP) is 4.21. The van der Waals surface area contributed by atoms with Gasteiger partial charge in [-0.2, -0.15) is 0 Å². The number of anilines is 2. The van der Waals surface area contributed by atoms with Crippen LogP contribution >= 0.6 is 23.2 Å². The minimum absolute atomic E-state index is 0.184. The highest BCUT2D eigenvalue weighted by molar-refractivity contribution is 6.34. The Labute approximate surface area is 131 Å². The molecule has 0 aliphatic rings. The molecular formula is C14H12Cl2FN3O. The van der Waals surface area contributed by atoms with E-state index in [-0.39, 0.29) is 15.9 Å². The van der Waals surface area contributed by atoms with E-state index in [4.69, 9.17) is 23.2 Å². The minimum Gasteiger partial charge on any atom is -0.370 e. The van der Waals surface area contributed by atoms with Gasteiger partial charge in [-0.1, -0.05) is 23.2 Å². The number of rotatable bonds is 4. The maximum absolute atomic E-state index is 13.2. The maximum Gasteiger partial charge on any atom is 0.255 e. The molecule has 1 aromatic carbocycles. The van der Waals surface area contributed by atoms with Gasteiger partial charge in [0.1, 0.15) is 16.8 Å². The minimum atomic E-state index is -0.490. The van der Waals surface area contributed by atoms with Crippen molar-refractivity contribution >= 4 is 40.6 Å². The fourth-order valence-electron chi connectivity index (χ4n) is 1.69. The van der Waals surface area contributed by atoms with Crippen LogP contribution in [0.3, 0.4) is 0 Å². The normalized spacial score (nSPS) is 10.3. The van der Waals surface area contributed by atoms with Crippen molar-refractivity contribution in [3.05, 3.63) is 51.9 Å². The molecule has 2 rings (SSSR count). The van der Waals surface area contributed by atoms with Crippen molar-refractivity contribution in [2.24, 2.45) is 0 Å². The van der Waals surface area contributed by atoms with Crippen molar-refractivity contribution in [3.63, 3.8) is 0 Å². The van der Waals surface area contributed by atoms with Crippen molar-refractivity contribution in [1.82, 2.24) is 4.98 Å². The van der Waals surface area contributed by atoms with Gasteiger partial charge >= 0.3 is 0 Å². The standard InChI is InChI=1S/C14H12Cl2FN3O/c1-2-18-13-6-8(5-12(16)20-13)14(21)19-11-7-9(17)3-4-10(11)15/h3-7H,2H2,1H3,(H,18,20)(H,19,21). The number of nitrogens with zero attached hydrogens (tertiary/aromatic N) is 1. The van der Waals surface area contributed by atoms with Gasteiger partial charge in [-0.15, -0.1) is 0 Å². The van der Waals surface area contributed by atoms with Crippen LogP contribution in [0.5, 0.6) is 0 Å². The number of nitrogens with one attached hydrogen (secondary N) is 2. The lowest BCUT2D eigenvalue weighted by Crippen LogP contribution is -2.13. The first-order valence-electron chi connectivity index (χ1n) is 6.17. The summed E-state index contributed by atoms with van der Waals surface area (Å²) in [4.78, 5) is 16.2. The zero-order valence-electron chi connectivity index (χ0n) is 11.1. The van der Waals surface area contributed by atoms with Crippen LogP contribution in [-0.2, 0) is 0 Å². The summed E-state index contributed by atoms with van der Waals surface area (Å²) in [6.45, 7) is 2.54. The molecule has 0 fully saturated rings. The van der Waals surface area contributed by atoms with Gasteiger partial charge in [0.15, 0.2) is 0 Å². The molecule has 7 heteroatoms. The fourth-order valence-corrected chi connectivity index (χ4v) is 2.06. The van der Waals surface area contributed by atoms with E-state index >= 15 is 0 Å². The third-order valence-corrected chi connectivity index (χ3v) is 3.11. The highest BCUT2D eigenvalue weighted by Gasteiger charge is 2.12. The Morgan fingerprint density at radius 3 is 2.76 bits per heavy atom. The number of aromatic nitrogens is 1. The van der Waals surface area contributed by atoms with Gasteiger partial charge in [-0.05, 0) is 37.3 Å². The number of carbonyl (C=O) groups excluding carboxylic acids is 1. The average molecular weight is 328 g/mol. The lowest BCUT2D eigenvalue weighted by atomic mass is 10.2. The van der Waals surface area contributed by atoms with Crippen LogP contribution in [0.4, 0.5) is 15.9 Å². The monoisotopic (exact) mass is 327 g/mol. The molecule has 0 atom stereocenters. The molecule has 21 heavy (non-hydrogen) atoms. The second-order valence-electron chi connectivity index (χ2n) is 4.17. The van der Waals surface area contributed by atoms with Gasteiger partial charge < -0.3 is 10.6 Å². The maximum atomic E-state index is 13.2. The Balaban J connectivity index is 2.25. The van der Waals surface area contributed by atoms with Crippen molar-refractivity contribution in [1.29, 1.82) is 0 Å². The van der Waals surface area contributed by atoms with Gasteiger partial charge in [0.05, 0.1) is 10.7 Å². The Bertz CT molecular complexity index is 679. The van der Waals surface area contributed by atoms with Gasteiger partial charge in [-0.25, -0.2) is 9.37 Å². The number of hydrogen-bond acceptors (Lipinski definition) is 3. The molecule has 0 bridgehead atoms. The molecule has 0 radical (unpaired) electrons. The molecule has 0 saturated heterocycles. The van der Waals surface area contributed by atoms with E-state index in [2.05, 4.69) is 15.6 Å². The van der Waals surface area contributed by atoms with E-state index in [0.29, 0.717) is 17.9 Å². The second kappa shape index (κ2) is 6.74. The van der Waals surface area contributed by atoms with Gasteiger partial charge in [0.2, 0.25) is 0 Å². The first-order chi connectivity index (χ1) is 9.99. The highest BCUT2D eigenvalue weighted by atomic mass is 35.5. The van der Waals surface area contributed by atoms with Crippen LogP contribution < -0.4 is 10.6 Å². The van der Waals surface area contributed by atoms with E-state index in [0.717, 1.165) is 6.07 Å². The van der Waals surface area contributed by atoms with Crippen molar-refractivity contribution in [2.45, 2.75) is 6.92 Å². The lowest BCUT2D eigenvalue weighted by Gasteiger charge is -2.09. The largest absolute Gasteiger partial charge is 0.370 e. The third-order valence-electron chi connectivity index (χ3n) is 2.59. The molecule has 0 unspecified atom stereocenters. The van der Waals surface area contributed by atoms with Gasteiger partial charge in [-0.3, -0.25) is 4.79 Å². The quantitative estimate of drug-likeness (QED) is 0.827. The molecule has 0 aliphatic carbocycles. The summed E-state index contributed by atoms with van der Waals surface area (Å²) >= 11 is 11.8. The molecule has 1 aromatic heterocycles. The highest BCUT2D eigenvalue weighted by Crippen LogP contribution is 2.23. The van der Waals surface area contributed by atoms with Crippen LogP contribution in [0.1, 0.15) is 17.3 Å². The summed E-state index contributed by atoms with van der Waals surface area (Å²) < 4.78 is 13.2. The van der Waals surface area contributed by atoms with Crippen LogP contribution in [0.2, 0.25) is 10.2 Å². The van der Waals surface area contributed by atoms with Crippen LogP contribution in [0, 0.1) is 5.82 Å². The van der Waals surface area contributed by atoms with E-state index in [1.807, 2.05) is 6.92 Å². The van der Waals surface area contributed by atoms with Crippen LogP contribution in [0.15, 0.2) is 30.3 Å². The van der Waals surface area contributed by atoms with E-state index in [9.17, 15) is 9.18 Å². The third kappa shape index (κ3) is 4.06. The molecule has 0 aliphatic heterocycles. The van der Waals surface area contributed by atoms with E-state index in [1.165, 1.54) is 18.2 Å². The van der Waals surface area contributed by atoms with Crippen LogP contribution in [0.25, 0.3) is 0 Å². The number of amides is 1. The Morgan fingerprint density at radius 1 is 1.29 bits per heavy atom. The Morgan fingerprint density at radius 2 is 2.05 bits per heavy atom. The van der Waals surface area contributed by atoms with E-state index in [1.54, 1.807) is 6.07 Å². The topological polar surface area (TPSA) is 54.0 Å². The summed E-state index contributed by atoms with van der Waals surface area (Å²) in [5.74, 6) is -0.456. The van der Waals surface area contributed by atoms with E-state index < -0.39 is 11.7 Å². The molecule has 2 aromatic rings. The number of halogens is 3. The van der Waals surface area contributed by atoms with Crippen molar-refractivity contribution in [3.8, 4) is 0 Å². The second-order valence-corrected chi connectivity index (χ2v) is 4.97. The first kappa shape index (κ1) is 15.5. The summed E-state index contributed by atoms with van der Waals surface area (Å²) in [7, 11) is 0. The zero-order valence-corrected chi connectivity index (χ0v) is 12.6. The number of benzene rings is 1. The Kier molecular flexibility index (Phi) is 4.98. The summed E-state index contributed by atoms with van der Waals surface area (Å²) in [6.07, 6.45) is 0. The summed E-state index contributed by atoms with van der Waals surface area (Å²) in [5, 5.41) is 5.94. The fraction of sp³-hybridized carbons (Fsp3) is 0.143. The molecule has 0 spiro atoms. The molecule has 1 amide bonds. The molecular weight excluding hydrogens is 316 g/mol. The molecule has 2 N–H and O–H groups in total. The summed E-state index contributed by atoms with van der Waals surface area (Å²) in [6, 6.07) is 6.71. The predicted molar refractivity (Wildman–Crippen MR) is 82.8 cm³/mol. The lowest BCUT2D eigenvalue weighted by molar-refractivity contribution is 0.102. The molecule has 110 valence electrons. The number of carbonyl (C=O) groups is 1. The number of pyridine rings is 1. The Hall–Kier alpha value is -1.85. The smallest absolute Gasteiger partial charge is 0.255 e. The average Bonchev–Trinajstić information content (AvgIpc) is 2.42. The first-order valence-corrected chi connectivity index (χ1v) is 6.93. The van der Waals surface area contributed by atoms with Crippen molar-refractivity contribution < 1.29 is 9.18 Å². The van der Waals surface area contributed by atoms with Crippen molar-refractivity contribution in [2.75, 3.05) is 17.2 Å². The van der Waals surface area contributed by atoms with Gasteiger partial charge in [0.25, 0.3) is 5.91 Å². The molecule has 4 nitrogen and oxygen atoms in total. The SMILES string of the molecule is CCNc1cc(C(=O)Nc2cc(F)ccc2Cl)cc(Cl)n1.